The summed E-state index contributed by atoms with van der Waals surface area (Å²) in [6.45, 7) is 0.453. The molecule has 0 aliphatic heterocycles. The Balaban J connectivity index is 1.98. The van der Waals surface area contributed by atoms with Crippen molar-refractivity contribution in [2.24, 2.45) is 0 Å². The molecule has 0 radical (unpaired) electrons. The lowest BCUT2D eigenvalue weighted by Gasteiger charge is -2.05. The van der Waals surface area contributed by atoms with Crippen LogP contribution in [0.25, 0.3) is 0 Å². The predicted octanol–water partition coefficient (Wildman–Crippen LogP) is 1.81. The van der Waals surface area contributed by atoms with Crippen molar-refractivity contribution in [3.05, 3.63) is 52.0 Å². The summed E-state index contributed by atoms with van der Waals surface area (Å²) >= 11 is 1.62. The van der Waals surface area contributed by atoms with E-state index in [9.17, 15) is 9.59 Å². The third kappa shape index (κ3) is 3.38. The summed E-state index contributed by atoms with van der Waals surface area (Å²) < 4.78 is 0. The van der Waals surface area contributed by atoms with E-state index in [2.05, 4.69) is 10.3 Å². The number of carbonyl (C=O) groups is 2. The van der Waals surface area contributed by atoms with Crippen LogP contribution in [0.5, 0.6) is 0 Å². The molecule has 0 spiro atoms. The average molecular weight is 276 g/mol. The van der Waals surface area contributed by atoms with Crippen molar-refractivity contribution in [2.75, 3.05) is 6.54 Å². The van der Waals surface area contributed by atoms with Gasteiger partial charge in [-0.1, -0.05) is 6.07 Å². The van der Waals surface area contributed by atoms with Gasteiger partial charge in [-0.15, -0.1) is 11.3 Å². The van der Waals surface area contributed by atoms with Gasteiger partial charge in [0.1, 0.15) is 5.69 Å². The molecule has 0 saturated heterocycles. The molecule has 2 rings (SSSR count). The average Bonchev–Trinajstić information content (AvgIpc) is 2.91. The number of carbonyl (C=O) groups excluding carboxylic acids is 1. The molecule has 0 aromatic carbocycles. The van der Waals surface area contributed by atoms with Gasteiger partial charge in [0.25, 0.3) is 5.91 Å². The molecule has 2 aromatic heterocycles. The number of thiophene rings is 1. The van der Waals surface area contributed by atoms with Gasteiger partial charge in [-0.05, 0) is 30.0 Å². The third-order valence-electron chi connectivity index (χ3n) is 2.49. The Morgan fingerprint density at radius 3 is 2.84 bits per heavy atom. The number of nitrogens with zero attached hydrogens (tertiary/aromatic N) is 1. The highest BCUT2D eigenvalue weighted by Crippen LogP contribution is 2.09. The summed E-state index contributed by atoms with van der Waals surface area (Å²) in [6, 6.07) is 6.79. The van der Waals surface area contributed by atoms with E-state index < -0.39 is 11.9 Å². The van der Waals surface area contributed by atoms with Crippen molar-refractivity contribution < 1.29 is 14.7 Å². The van der Waals surface area contributed by atoms with Crippen LogP contribution in [-0.4, -0.2) is 28.5 Å². The maximum absolute atomic E-state index is 11.9. The number of rotatable bonds is 5. The first-order chi connectivity index (χ1) is 9.18. The Bertz CT molecular complexity index is 581. The van der Waals surface area contributed by atoms with Gasteiger partial charge in [-0.2, -0.15) is 0 Å². The molecule has 0 aliphatic carbocycles. The molecule has 0 bridgehead atoms. The summed E-state index contributed by atoms with van der Waals surface area (Å²) in [5.74, 6) is -1.62. The number of carboxylic acid groups (broad SMARTS) is 1. The lowest BCUT2D eigenvalue weighted by molar-refractivity contribution is 0.0690. The molecule has 6 heteroatoms. The van der Waals surface area contributed by atoms with Gasteiger partial charge in [-0.25, -0.2) is 4.79 Å². The SMILES string of the molecule is O=C(O)c1cccnc1C(=O)NCCc1cccs1. The molecule has 5 nitrogen and oxygen atoms in total. The first kappa shape index (κ1) is 13.2. The van der Waals surface area contributed by atoms with Crippen molar-refractivity contribution in [1.82, 2.24) is 10.3 Å². The van der Waals surface area contributed by atoms with Crippen molar-refractivity contribution >= 4 is 23.2 Å². The normalized spacial score (nSPS) is 10.1. The minimum absolute atomic E-state index is 0.0545. The van der Waals surface area contributed by atoms with E-state index >= 15 is 0 Å². The van der Waals surface area contributed by atoms with E-state index in [1.54, 1.807) is 11.3 Å². The second-order valence-corrected chi connectivity index (χ2v) is 4.82. The van der Waals surface area contributed by atoms with Crippen LogP contribution in [0, 0.1) is 0 Å². The van der Waals surface area contributed by atoms with Crippen LogP contribution in [-0.2, 0) is 6.42 Å². The van der Waals surface area contributed by atoms with Gasteiger partial charge in [0.05, 0.1) is 5.56 Å². The number of aromatic carboxylic acids is 1. The number of hydrogen-bond acceptors (Lipinski definition) is 4. The Hall–Kier alpha value is -2.21. The van der Waals surface area contributed by atoms with Crippen molar-refractivity contribution in [1.29, 1.82) is 0 Å². The van der Waals surface area contributed by atoms with Crippen molar-refractivity contribution in [3.8, 4) is 0 Å². The van der Waals surface area contributed by atoms with Crippen molar-refractivity contribution in [2.45, 2.75) is 6.42 Å². The van der Waals surface area contributed by atoms with E-state index in [-0.39, 0.29) is 11.3 Å². The number of pyridine rings is 1. The third-order valence-corrected chi connectivity index (χ3v) is 3.43. The largest absolute Gasteiger partial charge is 0.478 e. The van der Waals surface area contributed by atoms with Crippen LogP contribution < -0.4 is 5.32 Å². The summed E-state index contributed by atoms with van der Waals surface area (Å²) in [5, 5.41) is 13.6. The van der Waals surface area contributed by atoms with E-state index in [0.29, 0.717) is 6.54 Å². The Kier molecular flexibility index (Phi) is 4.25. The van der Waals surface area contributed by atoms with Crippen LogP contribution in [0.1, 0.15) is 25.7 Å². The molecular formula is C13H12N2O3S. The molecule has 1 amide bonds. The predicted molar refractivity (Wildman–Crippen MR) is 71.6 cm³/mol. The fourth-order valence-corrected chi connectivity index (χ4v) is 2.31. The van der Waals surface area contributed by atoms with E-state index in [1.165, 1.54) is 23.2 Å². The topological polar surface area (TPSA) is 79.3 Å². The molecule has 2 heterocycles. The molecule has 2 N–H and O–H groups in total. The minimum Gasteiger partial charge on any atom is -0.478 e. The number of nitrogens with one attached hydrogen (secondary N) is 1. The summed E-state index contributed by atoms with van der Waals surface area (Å²) in [4.78, 5) is 27.8. The Morgan fingerprint density at radius 2 is 2.16 bits per heavy atom. The monoisotopic (exact) mass is 276 g/mol. The van der Waals surface area contributed by atoms with E-state index in [4.69, 9.17) is 5.11 Å². The maximum atomic E-state index is 11.9. The molecule has 98 valence electrons. The van der Waals surface area contributed by atoms with Gasteiger partial charge in [-0.3, -0.25) is 9.78 Å². The fourth-order valence-electron chi connectivity index (χ4n) is 1.60. The molecule has 0 fully saturated rings. The molecule has 0 unspecified atom stereocenters. The molecule has 0 atom stereocenters. The van der Waals surface area contributed by atoms with Crippen LogP contribution in [0.15, 0.2) is 35.8 Å². The van der Waals surface area contributed by atoms with Gasteiger partial charge >= 0.3 is 5.97 Å². The highest BCUT2D eigenvalue weighted by molar-refractivity contribution is 7.09. The number of aromatic nitrogens is 1. The fraction of sp³-hybridized carbons (Fsp3) is 0.154. The van der Waals surface area contributed by atoms with Gasteiger partial charge in [0.15, 0.2) is 0 Å². The van der Waals surface area contributed by atoms with Gasteiger partial charge < -0.3 is 10.4 Å². The highest BCUT2D eigenvalue weighted by Gasteiger charge is 2.16. The molecule has 0 aliphatic rings. The number of carboxylic acids is 1. The van der Waals surface area contributed by atoms with Crippen molar-refractivity contribution in [3.63, 3.8) is 0 Å². The zero-order valence-corrected chi connectivity index (χ0v) is 10.8. The van der Waals surface area contributed by atoms with E-state index in [1.807, 2.05) is 17.5 Å². The molecule has 2 aromatic rings. The summed E-state index contributed by atoms with van der Waals surface area (Å²) in [6.07, 6.45) is 2.12. The summed E-state index contributed by atoms with van der Waals surface area (Å²) in [5.41, 5.74) is -0.141. The Morgan fingerprint density at radius 1 is 1.32 bits per heavy atom. The second kappa shape index (κ2) is 6.10. The maximum Gasteiger partial charge on any atom is 0.338 e. The number of hydrogen-bond donors (Lipinski definition) is 2. The van der Waals surface area contributed by atoms with Crippen LogP contribution >= 0.6 is 11.3 Å². The first-order valence-electron chi connectivity index (χ1n) is 5.67. The lowest BCUT2D eigenvalue weighted by atomic mass is 10.2. The van der Waals surface area contributed by atoms with Gasteiger partial charge in [0.2, 0.25) is 0 Å². The lowest BCUT2D eigenvalue weighted by Crippen LogP contribution is -2.28. The Labute approximate surface area is 113 Å². The van der Waals surface area contributed by atoms with Crippen LogP contribution in [0.2, 0.25) is 0 Å². The molecule has 0 saturated carbocycles. The van der Waals surface area contributed by atoms with Crippen LogP contribution in [0.3, 0.4) is 0 Å². The molecule has 19 heavy (non-hydrogen) atoms. The highest BCUT2D eigenvalue weighted by atomic mass is 32.1. The zero-order chi connectivity index (χ0) is 13.7. The smallest absolute Gasteiger partial charge is 0.338 e. The van der Waals surface area contributed by atoms with Gasteiger partial charge in [0, 0.05) is 17.6 Å². The zero-order valence-electron chi connectivity index (χ0n) is 10.00. The minimum atomic E-state index is -1.16. The second-order valence-electron chi connectivity index (χ2n) is 3.79. The van der Waals surface area contributed by atoms with Crippen LogP contribution in [0.4, 0.5) is 0 Å². The van der Waals surface area contributed by atoms with E-state index in [0.717, 1.165) is 6.42 Å². The number of amides is 1. The summed E-state index contributed by atoms with van der Waals surface area (Å²) in [7, 11) is 0. The standard InChI is InChI=1S/C13H12N2O3S/c16-12(15-7-5-9-3-2-8-19-9)11-10(13(17)18)4-1-6-14-11/h1-4,6,8H,5,7H2,(H,15,16)(H,17,18). The molecular weight excluding hydrogens is 264 g/mol. The quantitative estimate of drug-likeness (QED) is 0.873. The first-order valence-corrected chi connectivity index (χ1v) is 6.55.